The molecule has 6 heteroatoms. The molecule has 0 spiro atoms. The van der Waals surface area contributed by atoms with Crippen LogP contribution in [0.2, 0.25) is 10.0 Å². The highest BCUT2D eigenvalue weighted by atomic mass is 35.5. The van der Waals surface area contributed by atoms with Gasteiger partial charge < -0.3 is 15.1 Å². The molecule has 0 saturated carbocycles. The first-order chi connectivity index (χ1) is 10.1. The number of hydrogen-bond acceptors (Lipinski definition) is 3. The molecule has 0 bridgehead atoms. The predicted octanol–water partition coefficient (Wildman–Crippen LogP) is 2.96. The standard InChI is InChI=1S/C15H21Cl2N3O/c1-2-19-7-9-20(10-8-19)15(21)5-6-18-14-4-3-12(16)11-13(14)17/h3-4,11,18H,2,5-10H2,1H3. The van der Waals surface area contributed by atoms with Crippen LogP contribution in [0.3, 0.4) is 0 Å². The van der Waals surface area contributed by atoms with E-state index in [0.29, 0.717) is 23.0 Å². The van der Waals surface area contributed by atoms with Gasteiger partial charge in [0, 0.05) is 44.2 Å². The van der Waals surface area contributed by atoms with Gasteiger partial charge in [0.2, 0.25) is 5.91 Å². The van der Waals surface area contributed by atoms with Crippen LogP contribution in [0.5, 0.6) is 0 Å². The Kier molecular flexibility index (Phi) is 6.15. The molecule has 1 fully saturated rings. The summed E-state index contributed by atoms with van der Waals surface area (Å²) in [5.74, 6) is 0.198. The molecule has 2 rings (SSSR count). The van der Waals surface area contributed by atoms with E-state index in [0.717, 1.165) is 38.4 Å². The number of carbonyl (C=O) groups excluding carboxylic acids is 1. The number of likely N-dealkylation sites (N-methyl/N-ethyl adjacent to an activating group) is 1. The Morgan fingerprint density at radius 2 is 1.95 bits per heavy atom. The van der Waals surface area contributed by atoms with Crippen molar-refractivity contribution in [2.24, 2.45) is 0 Å². The lowest BCUT2D eigenvalue weighted by Crippen LogP contribution is -2.48. The number of rotatable bonds is 5. The van der Waals surface area contributed by atoms with E-state index in [1.807, 2.05) is 11.0 Å². The topological polar surface area (TPSA) is 35.6 Å². The maximum absolute atomic E-state index is 12.1. The molecule has 1 N–H and O–H groups in total. The lowest BCUT2D eigenvalue weighted by molar-refractivity contribution is -0.132. The Balaban J connectivity index is 1.74. The first-order valence-corrected chi connectivity index (χ1v) is 8.05. The number of carbonyl (C=O) groups is 1. The number of anilines is 1. The fraction of sp³-hybridized carbons (Fsp3) is 0.533. The Labute approximate surface area is 136 Å². The van der Waals surface area contributed by atoms with Crippen LogP contribution in [-0.2, 0) is 4.79 Å². The van der Waals surface area contributed by atoms with E-state index in [-0.39, 0.29) is 5.91 Å². The van der Waals surface area contributed by atoms with Crippen molar-refractivity contribution < 1.29 is 4.79 Å². The van der Waals surface area contributed by atoms with Gasteiger partial charge >= 0.3 is 0 Å². The Hall–Kier alpha value is -0.970. The van der Waals surface area contributed by atoms with Crippen LogP contribution in [0, 0.1) is 0 Å². The number of hydrogen-bond donors (Lipinski definition) is 1. The molecule has 0 aromatic heterocycles. The zero-order valence-electron chi connectivity index (χ0n) is 12.2. The highest BCUT2D eigenvalue weighted by Gasteiger charge is 2.19. The van der Waals surface area contributed by atoms with Crippen molar-refractivity contribution in [3.05, 3.63) is 28.2 Å². The van der Waals surface area contributed by atoms with Crippen molar-refractivity contribution in [3.8, 4) is 0 Å². The molecule has 1 aromatic rings. The third-order valence-corrected chi connectivity index (χ3v) is 4.31. The fourth-order valence-corrected chi connectivity index (χ4v) is 2.88. The maximum atomic E-state index is 12.1. The second-order valence-corrected chi connectivity index (χ2v) is 5.96. The summed E-state index contributed by atoms with van der Waals surface area (Å²) in [5, 5.41) is 4.36. The summed E-state index contributed by atoms with van der Waals surface area (Å²) in [6.45, 7) is 7.38. The van der Waals surface area contributed by atoms with E-state index in [1.165, 1.54) is 0 Å². The number of halogens is 2. The molecule has 1 saturated heterocycles. The SMILES string of the molecule is CCN1CCN(C(=O)CCNc2ccc(Cl)cc2Cl)CC1. The fourth-order valence-electron chi connectivity index (χ4n) is 2.41. The van der Waals surface area contributed by atoms with Crippen molar-refractivity contribution in [2.75, 3.05) is 44.6 Å². The molecule has 21 heavy (non-hydrogen) atoms. The molecule has 1 aliphatic heterocycles. The van der Waals surface area contributed by atoms with E-state index in [2.05, 4.69) is 17.1 Å². The van der Waals surface area contributed by atoms with Crippen LogP contribution in [0.25, 0.3) is 0 Å². The van der Waals surface area contributed by atoms with Gasteiger partial charge in [0.15, 0.2) is 0 Å². The Morgan fingerprint density at radius 1 is 1.24 bits per heavy atom. The second kappa shape index (κ2) is 7.87. The first-order valence-electron chi connectivity index (χ1n) is 7.29. The minimum atomic E-state index is 0.198. The van der Waals surface area contributed by atoms with E-state index < -0.39 is 0 Å². The maximum Gasteiger partial charge on any atom is 0.224 e. The normalized spacial score (nSPS) is 16.0. The average molecular weight is 330 g/mol. The molecule has 0 unspecified atom stereocenters. The second-order valence-electron chi connectivity index (χ2n) is 5.12. The zero-order valence-corrected chi connectivity index (χ0v) is 13.8. The molecule has 1 aliphatic rings. The van der Waals surface area contributed by atoms with Crippen molar-refractivity contribution >= 4 is 34.8 Å². The van der Waals surface area contributed by atoms with Crippen LogP contribution in [-0.4, -0.2) is 55.0 Å². The quantitative estimate of drug-likeness (QED) is 0.902. The monoisotopic (exact) mass is 329 g/mol. The largest absolute Gasteiger partial charge is 0.383 e. The van der Waals surface area contributed by atoms with Crippen LogP contribution in [0.15, 0.2) is 18.2 Å². The average Bonchev–Trinajstić information content (AvgIpc) is 2.49. The molecule has 0 radical (unpaired) electrons. The lowest BCUT2D eigenvalue weighted by Gasteiger charge is -2.34. The first kappa shape index (κ1) is 16.4. The molecule has 1 aromatic carbocycles. The number of nitrogens with zero attached hydrogens (tertiary/aromatic N) is 2. The van der Waals surface area contributed by atoms with Gasteiger partial charge in [0.25, 0.3) is 0 Å². The molecule has 1 amide bonds. The summed E-state index contributed by atoms with van der Waals surface area (Å²) in [6.07, 6.45) is 0.477. The van der Waals surface area contributed by atoms with Gasteiger partial charge in [-0.2, -0.15) is 0 Å². The van der Waals surface area contributed by atoms with Gasteiger partial charge in [-0.3, -0.25) is 4.79 Å². The summed E-state index contributed by atoms with van der Waals surface area (Å²) in [6, 6.07) is 5.30. The molecular formula is C15H21Cl2N3O. The van der Waals surface area contributed by atoms with Crippen LogP contribution >= 0.6 is 23.2 Å². The van der Waals surface area contributed by atoms with E-state index in [1.54, 1.807) is 12.1 Å². The van der Waals surface area contributed by atoms with Gasteiger partial charge in [-0.15, -0.1) is 0 Å². The summed E-state index contributed by atoms with van der Waals surface area (Å²) in [7, 11) is 0. The van der Waals surface area contributed by atoms with E-state index in [4.69, 9.17) is 23.2 Å². The molecule has 116 valence electrons. The molecule has 0 aliphatic carbocycles. The molecular weight excluding hydrogens is 309 g/mol. The lowest BCUT2D eigenvalue weighted by atomic mass is 10.2. The highest BCUT2D eigenvalue weighted by molar-refractivity contribution is 6.36. The minimum Gasteiger partial charge on any atom is -0.383 e. The van der Waals surface area contributed by atoms with Crippen molar-refractivity contribution in [1.82, 2.24) is 9.80 Å². The number of nitrogens with one attached hydrogen (secondary N) is 1. The summed E-state index contributed by atoms with van der Waals surface area (Å²) >= 11 is 11.9. The Bertz CT molecular complexity index is 488. The van der Waals surface area contributed by atoms with Crippen molar-refractivity contribution in [3.63, 3.8) is 0 Å². The third-order valence-electron chi connectivity index (χ3n) is 3.76. The zero-order chi connectivity index (χ0) is 15.2. The number of piperazine rings is 1. The smallest absolute Gasteiger partial charge is 0.224 e. The molecule has 0 atom stereocenters. The summed E-state index contributed by atoms with van der Waals surface area (Å²) < 4.78 is 0. The van der Waals surface area contributed by atoms with E-state index in [9.17, 15) is 4.79 Å². The predicted molar refractivity (Wildman–Crippen MR) is 88.3 cm³/mol. The van der Waals surface area contributed by atoms with Crippen molar-refractivity contribution in [2.45, 2.75) is 13.3 Å². The molecule has 4 nitrogen and oxygen atoms in total. The summed E-state index contributed by atoms with van der Waals surface area (Å²) in [5.41, 5.74) is 0.810. The molecule has 1 heterocycles. The van der Waals surface area contributed by atoms with Crippen molar-refractivity contribution in [1.29, 1.82) is 0 Å². The number of amides is 1. The number of benzene rings is 1. The van der Waals surface area contributed by atoms with Crippen LogP contribution in [0.4, 0.5) is 5.69 Å². The van der Waals surface area contributed by atoms with Gasteiger partial charge in [0.05, 0.1) is 10.7 Å². The van der Waals surface area contributed by atoms with E-state index >= 15 is 0 Å². The van der Waals surface area contributed by atoms with Gasteiger partial charge in [-0.05, 0) is 24.7 Å². The minimum absolute atomic E-state index is 0.198. The van der Waals surface area contributed by atoms with Crippen LogP contribution in [0.1, 0.15) is 13.3 Å². The Morgan fingerprint density at radius 3 is 2.57 bits per heavy atom. The van der Waals surface area contributed by atoms with Gasteiger partial charge in [0.1, 0.15) is 0 Å². The van der Waals surface area contributed by atoms with Crippen LogP contribution < -0.4 is 5.32 Å². The highest BCUT2D eigenvalue weighted by Crippen LogP contribution is 2.25. The van der Waals surface area contributed by atoms with Gasteiger partial charge in [-0.1, -0.05) is 30.1 Å². The summed E-state index contributed by atoms with van der Waals surface area (Å²) in [4.78, 5) is 16.4. The third kappa shape index (κ3) is 4.77. The van der Waals surface area contributed by atoms with Gasteiger partial charge in [-0.25, -0.2) is 0 Å².